The maximum atomic E-state index is 13.1. The van der Waals surface area contributed by atoms with Crippen molar-refractivity contribution in [1.82, 2.24) is 0 Å². The molecule has 0 unspecified atom stereocenters. The van der Waals surface area contributed by atoms with Gasteiger partial charge in [-0.25, -0.2) is 12.8 Å². The molecule has 2 rings (SSSR count). The molecule has 0 saturated carbocycles. The van der Waals surface area contributed by atoms with Crippen molar-refractivity contribution in [2.45, 2.75) is 24.8 Å². The number of rotatable bonds is 6. The summed E-state index contributed by atoms with van der Waals surface area (Å²) in [6, 6.07) is 10.9. The number of sulfonamides is 1. The van der Waals surface area contributed by atoms with Crippen LogP contribution < -0.4 is 4.31 Å². The van der Waals surface area contributed by atoms with Crippen molar-refractivity contribution in [3.63, 3.8) is 0 Å². The Morgan fingerprint density at radius 2 is 1.84 bits per heavy atom. The molecule has 0 aromatic heterocycles. The molecule has 5 nitrogen and oxygen atoms in total. The monoisotopic (exact) mass is 429 g/mol. The van der Waals surface area contributed by atoms with Gasteiger partial charge >= 0.3 is 5.97 Å². The van der Waals surface area contributed by atoms with Gasteiger partial charge in [0.2, 0.25) is 0 Å². The summed E-state index contributed by atoms with van der Waals surface area (Å²) in [7, 11) is -4.07. The van der Waals surface area contributed by atoms with E-state index in [9.17, 15) is 17.6 Å². The molecule has 8 heteroatoms. The molecule has 0 saturated heterocycles. The number of esters is 1. The quantitative estimate of drug-likeness (QED) is 0.656. The van der Waals surface area contributed by atoms with Crippen molar-refractivity contribution in [3.8, 4) is 0 Å². The van der Waals surface area contributed by atoms with Crippen molar-refractivity contribution >= 4 is 37.6 Å². The number of hydrogen-bond acceptors (Lipinski definition) is 4. The number of hydrogen-bond donors (Lipinski definition) is 0. The summed E-state index contributed by atoms with van der Waals surface area (Å²) in [6.07, 6.45) is -0.370. The zero-order chi connectivity index (χ0) is 18.6. The topological polar surface area (TPSA) is 63.7 Å². The van der Waals surface area contributed by atoms with Crippen molar-refractivity contribution in [2.24, 2.45) is 0 Å². The normalized spacial score (nSPS) is 11.4. The molecule has 2 aromatic carbocycles. The molecule has 0 amide bonds. The Hall–Kier alpha value is -1.93. The summed E-state index contributed by atoms with van der Waals surface area (Å²) < 4.78 is 45.7. The lowest BCUT2D eigenvalue weighted by Crippen LogP contribution is -2.37. The number of benzene rings is 2. The summed E-state index contributed by atoms with van der Waals surface area (Å²) >= 11 is 3.28. The third-order valence-corrected chi connectivity index (χ3v) is 5.42. The maximum Gasteiger partial charge on any atom is 0.327 e. The van der Waals surface area contributed by atoms with Crippen LogP contribution in [0, 0.1) is 5.82 Å². The molecule has 0 spiro atoms. The molecule has 0 aliphatic carbocycles. The first-order valence-electron chi connectivity index (χ1n) is 7.43. The number of halogens is 2. The highest BCUT2D eigenvalue weighted by atomic mass is 79.9. The number of nitrogens with zero attached hydrogens (tertiary/aromatic N) is 1. The third kappa shape index (κ3) is 5.02. The highest BCUT2D eigenvalue weighted by molar-refractivity contribution is 9.10. The van der Waals surface area contributed by atoms with E-state index in [1.165, 1.54) is 0 Å². The number of carbonyl (C=O) groups excluding carboxylic acids is 1. The second-order valence-electron chi connectivity index (χ2n) is 5.48. The molecule has 0 radical (unpaired) electrons. The Morgan fingerprint density at radius 3 is 2.40 bits per heavy atom. The molecule has 25 heavy (non-hydrogen) atoms. The molecular formula is C17H17BrFNO4S. The van der Waals surface area contributed by atoms with Crippen LogP contribution in [0.15, 0.2) is 57.9 Å². The number of ether oxygens (including phenoxy) is 1. The predicted molar refractivity (Wildman–Crippen MR) is 96.3 cm³/mol. The Kier molecular flexibility index (Phi) is 6.18. The summed E-state index contributed by atoms with van der Waals surface area (Å²) in [5.41, 5.74) is 0.291. The molecule has 0 fully saturated rings. The lowest BCUT2D eigenvalue weighted by Gasteiger charge is -2.24. The van der Waals surface area contributed by atoms with Gasteiger partial charge in [-0.3, -0.25) is 9.10 Å². The summed E-state index contributed by atoms with van der Waals surface area (Å²) in [5.74, 6) is -1.23. The summed E-state index contributed by atoms with van der Waals surface area (Å²) in [4.78, 5) is 11.9. The molecule has 0 aliphatic rings. The van der Waals surface area contributed by atoms with E-state index in [0.717, 1.165) is 28.6 Å². The third-order valence-electron chi connectivity index (χ3n) is 3.14. The average Bonchev–Trinajstić information content (AvgIpc) is 2.52. The Bertz CT molecular complexity index is 853. The van der Waals surface area contributed by atoms with Crippen LogP contribution in [0.3, 0.4) is 0 Å². The molecular weight excluding hydrogens is 413 g/mol. The minimum atomic E-state index is -4.07. The number of anilines is 1. The summed E-state index contributed by atoms with van der Waals surface area (Å²) in [6.45, 7) is 2.86. The van der Waals surface area contributed by atoms with E-state index in [0.29, 0.717) is 10.2 Å². The van der Waals surface area contributed by atoms with E-state index < -0.39 is 28.4 Å². The highest BCUT2D eigenvalue weighted by Gasteiger charge is 2.28. The molecule has 2 aromatic rings. The zero-order valence-electron chi connectivity index (χ0n) is 13.6. The van der Waals surface area contributed by atoms with Crippen LogP contribution in [0.4, 0.5) is 10.1 Å². The predicted octanol–water partition coefficient (Wildman–Crippen LogP) is 3.74. The van der Waals surface area contributed by atoms with Gasteiger partial charge in [0.25, 0.3) is 10.0 Å². The minimum Gasteiger partial charge on any atom is -0.462 e. The van der Waals surface area contributed by atoms with E-state index >= 15 is 0 Å². The first-order chi connectivity index (χ1) is 11.7. The number of carbonyl (C=O) groups is 1. The van der Waals surface area contributed by atoms with Crippen LogP contribution >= 0.6 is 15.9 Å². The Balaban J connectivity index is 2.46. The molecule has 0 heterocycles. The van der Waals surface area contributed by atoms with Gasteiger partial charge in [0.15, 0.2) is 0 Å². The SMILES string of the molecule is CC(C)OC(=O)CN(c1cccc(Br)c1)S(=O)(=O)c1ccc(F)cc1. The van der Waals surface area contributed by atoms with Gasteiger partial charge in [0, 0.05) is 4.47 Å². The van der Waals surface area contributed by atoms with Gasteiger partial charge < -0.3 is 4.74 Å². The van der Waals surface area contributed by atoms with E-state index in [-0.39, 0.29) is 11.0 Å². The maximum absolute atomic E-state index is 13.1. The van der Waals surface area contributed by atoms with Crippen molar-refractivity contribution in [2.75, 3.05) is 10.8 Å². The van der Waals surface area contributed by atoms with Crippen LogP contribution in [0.5, 0.6) is 0 Å². The van der Waals surface area contributed by atoms with Gasteiger partial charge in [0.05, 0.1) is 16.7 Å². The molecule has 0 atom stereocenters. The van der Waals surface area contributed by atoms with Crippen molar-refractivity contribution in [1.29, 1.82) is 0 Å². The fourth-order valence-corrected chi connectivity index (χ4v) is 3.89. The van der Waals surface area contributed by atoms with Crippen LogP contribution in [-0.4, -0.2) is 27.0 Å². The fourth-order valence-electron chi connectivity index (χ4n) is 2.10. The average molecular weight is 430 g/mol. The molecule has 134 valence electrons. The van der Waals surface area contributed by atoms with Gasteiger partial charge in [-0.05, 0) is 56.3 Å². The van der Waals surface area contributed by atoms with Gasteiger partial charge in [-0.2, -0.15) is 0 Å². The first-order valence-corrected chi connectivity index (χ1v) is 9.67. The Labute approximate surface area is 154 Å². The largest absolute Gasteiger partial charge is 0.462 e. The van der Waals surface area contributed by atoms with E-state index in [4.69, 9.17) is 4.74 Å². The molecule has 0 aliphatic heterocycles. The van der Waals surface area contributed by atoms with Crippen LogP contribution in [0.1, 0.15) is 13.8 Å². The Morgan fingerprint density at radius 1 is 1.20 bits per heavy atom. The van der Waals surface area contributed by atoms with Gasteiger partial charge in [-0.15, -0.1) is 0 Å². The lowest BCUT2D eigenvalue weighted by atomic mass is 10.3. The van der Waals surface area contributed by atoms with Gasteiger partial charge in [-0.1, -0.05) is 22.0 Å². The van der Waals surface area contributed by atoms with Gasteiger partial charge in [0.1, 0.15) is 12.4 Å². The van der Waals surface area contributed by atoms with E-state index in [1.807, 2.05) is 0 Å². The second kappa shape index (κ2) is 7.97. The molecule has 0 N–H and O–H groups in total. The van der Waals surface area contributed by atoms with E-state index in [2.05, 4.69) is 15.9 Å². The highest BCUT2D eigenvalue weighted by Crippen LogP contribution is 2.26. The molecule has 0 bridgehead atoms. The van der Waals surface area contributed by atoms with E-state index in [1.54, 1.807) is 38.1 Å². The first kappa shape index (κ1) is 19.4. The standard InChI is InChI=1S/C17H17BrFNO4S/c1-12(2)24-17(21)11-20(15-5-3-4-13(18)10-15)25(22,23)16-8-6-14(19)7-9-16/h3-10,12H,11H2,1-2H3. The summed E-state index contributed by atoms with van der Waals surface area (Å²) in [5, 5.41) is 0. The van der Waals surface area contributed by atoms with Crippen LogP contribution in [-0.2, 0) is 19.6 Å². The lowest BCUT2D eigenvalue weighted by molar-refractivity contribution is -0.145. The minimum absolute atomic E-state index is 0.119. The smallest absolute Gasteiger partial charge is 0.327 e. The van der Waals surface area contributed by atoms with Crippen molar-refractivity contribution < 1.29 is 22.3 Å². The van der Waals surface area contributed by atoms with Crippen LogP contribution in [0.2, 0.25) is 0 Å². The van der Waals surface area contributed by atoms with Crippen molar-refractivity contribution in [3.05, 3.63) is 58.8 Å². The van der Waals surface area contributed by atoms with Crippen LogP contribution in [0.25, 0.3) is 0 Å². The fraction of sp³-hybridized carbons (Fsp3) is 0.235. The zero-order valence-corrected chi connectivity index (χ0v) is 16.1. The second-order valence-corrected chi connectivity index (χ2v) is 8.26.